The van der Waals surface area contributed by atoms with Crippen LogP contribution in [0.1, 0.15) is 12.1 Å². The summed E-state index contributed by atoms with van der Waals surface area (Å²) in [5, 5.41) is 6.07. The summed E-state index contributed by atoms with van der Waals surface area (Å²) in [6.45, 7) is 1.80. The number of rotatable bonds is 4. The number of hydrogen-bond acceptors (Lipinski definition) is 3. The molecule has 80 valence electrons. The van der Waals surface area contributed by atoms with Crippen molar-refractivity contribution in [3.05, 3.63) is 30.1 Å². The highest BCUT2D eigenvalue weighted by Gasteiger charge is 2.18. The molecule has 1 aromatic rings. The standard InChI is InChI=1S/C11H15N3O/c15-11(14-10-7-12-8-10)5-4-9-3-1-2-6-13-9/h1-3,6,10,12H,4-5,7-8H2,(H,14,15). The van der Waals surface area contributed by atoms with Gasteiger partial charge in [-0.15, -0.1) is 0 Å². The van der Waals surface area contributed by atoms with E-state index in [0.29, 0.717) is 18.9 Å². The van der Waals surface area contributed by atoms with Gasteiger partial charge in [0.1, 0.15) is 0 Å². The van der Waals surface area contributed by atoms with Crippen LogP contribution in [0.15, 0.2) is 24.4 Å². The van der Waals surface area contributed by atoms with Crippen LogP contribution in [0.2, 0.25) is 0 Å². The summed E-state index contributed by atoms with van der Waals surface area (Å²) in [4.78, 5) is 15.6. The molecule has 0 radical (unpaired) electrons. The minimum Gasteiger partial charge on any atom is -0.351 e. The van der Waals surface area contributed by atoms with Gasteiger partial charge in [0.15, 0.2) is 0 Å². The van der Waals surface area contributed by atoms with Crippen molar-refractivity contribution in [3.8, 4) is 0 Å². The van der Waals surface area contributed by atoms with Crippen molar-refractivity contribution in [1.82, 2.24) is 15.6 Å². The summed E-state index contributed by atoms with van der Waals surface area (Å²) >= 11 is 0. The molecule has 0 aliphatic carbocycles. The van der Waals surface area contributed by atoms with E-state index in [-0.39, 0.29) is 5.91 Å². The lowest BCUT2D eigenvalue weighted by Gasteiger charge is -2.27. The molecule has 4 nitrogen and oxygen atoms in total. The lowest BCUT2D eigenvalue weighted by molar-refractivity contribution is -0.122. The van der Waals surface area contributed by atoms with Gasteiger partial charge in [-0.2, -0.15) is 0 Å². The van der Waals surface area contributed by atoms with Gasteiger partial charge in [-0.25, -0.2) is 0 Å². The van der Waals surface area contributed by atoms with Crippen LogP contribution in [0.3, 0.4) is 0 Å². The zero-order valence-corrected chi connectivity index (χ0v) is 8.57. The summed E-state index contributed by atoms with van der Waals surface area (Å²) in [5.74, 6) is 0.118. The minimum atomic E-state index is 0.118. The summed E-state index contributed by atoms with van der Waals surface area (Å²) in [6.07, 6.45) is 2.99. The fraction of sp³-hybridized carbons (Fsp3) is 0.455. The van der Waals surface area contributed by atoms with E-state index in [1.165, 1.54) is 0 Å². The Labute approximate surface area is 89.1 Å². The summed E-state index contributed by atoms with van der Waals surface area (Å²) < 4.78 is 0. The fourth-order valence-electron chi connectivity index (χ4n) is 1.48. The Kier molecular flexibility index (Phi) is 3.29. The molecule has 2 rings (SSSR count). The van der Waals surface area contributed by atoms with Crippen molar-refractivity contribution in [2.75, 3.05) is 13.1 Å². The molecule has 0 spiro atoms. The van der Waals surface area contributed by atoms with E-state index in [4.69, 9.17) is 0 Å². The Morgan fingerprint density at radius 3 is 3.00 bits per heavy atom. The van der Waals surface area contributed by atoms with Crippen molar-refractivity contribution in [2.45, 2.75) is 18.9 Å². The molecular weight excluding hydrogens is 190 g/mol. The maximum Gasteiger partial charge on any atom is 0.220 e. The zero-order valence-electron chi connectivity index (χ0n) is 8.57. The van der Waals surface area contributed by atoms with Crippen LogP contribution in [0, 0.1) is 0 Å². The lowest BCUT2D eigenvalue weighted by Crippen LogP contribution is -2.56. The molecule has 0 atom stereocenters. The van der Waals surface area contributed by atoms with Gasteiger partial charge >= 0.3 is 0 Å². The van der Waals surface area contributed by atoms with E-state index >= 15 is 0 Å². The molecule has 1 amide bonds. The first-order chi connectivity index (χ1) is 7.34. The normalized spacial score (nSPS) is 15.7. The van der Waals surface area contributed by atoms with Gasteiger partial charge in [0, 0.05) is 31.4 Å². The van der Waals surface area contributed by atoms with Crippen molar-refractivity contribution < 1.29 is 4.79 Å². The number of carbonyl (C=O) groups excluding carboxylic acids is 1. The second kappa shape index (κ2) is 4.89. The number of aromatic nitrogens is 1. The molecular formula is C11H15N3O. The first kappa shape index (κ1) is 10.1. The Hall–Kier alpha value is -1.42. The molecule has 1 fully saturated rings. The fourth-order valence-corrected chi connectivity index (χ4v) is 1.48. The molecule has 2 heterocycles. The molecule has 1 aliphatic rings. The van der Waals surface area contributed by atoms with Crippen molar-refractivity contribution in [2.24, 2.45) is 0 Å². The van der Waals surface area contributed by atoms with Crippen LogP contribution < -0.4 is 10.6 Å². The Balaban J connectivity index is 1.71. The van der Waals surface area contributed by atoms with Crippen LogP contribution in [0.4, 0.5) is 0 Å². The number of aryl methyl sites for hydroxylation is 1. The SMILES string of the molecule is O=C(CCc1ccccn1)NC1CNC1. The number of pyridine rings is 1. The quantitative estimate of drug-likeness (QED) is 0.733. The lowest BCUT2D eigenvalue weighted by atomic mass is 10.1. The van der Waals surface area contributed by atoms with E-state index in [1.807, 2.05) is 18.2 Å². The topological polar surface area (TPSA) is 54.0 Å². The molecule has 1 saturated heterocycles. The van der Waals surface area contributed by atoms with Crippen molar-refractivity contribution in [3.63, 3.8) is 0 Å². The van der Waals surface area contributed by atoms with Crippen molar-refractivity contribution in [1.29, 1.82) is 0 Å². The molecule has 15 heavy (non-hydrogen) atoms. The molecule has 1 aromatic heterocycles. The van der Waals surface area contributed by atoms with E-state index in [0.717, 1.165) is 18.8 Å². The van der Waals surface area contributed by atoms with E-state index in [2.05, 4.69) is 15.6 Å². The average molecular weight is 205 g/mol. The number of amides is 1. The third-order valence-corrected chi connectivity index (χ3v) is 2.48. The van der Waals surface area contributed by atoms with Gasteiger partial charge in [0.2, 0.25) is 5.91 Å². The van der Waals surface area contributed by atoms with Gasteiger partial charge in [0.25, 0.3) is 0 Å². The molecule has 0 saturated carbocycles. The monoisotopic (exact) mass is 205 g/mol. The zero-order chi connectivity index (χ0) is 10.5. The molecule has 1 aliphatic heterocycles. The van der Waals surface area contributed by atoms with E-state index in [1.54, 1.807) is 6.20 Å². The Morgan fingerprint density at radius 2 is 2.40 bits per heavy atom. The van der Waals surface area contributed by atoms with Crippen molar-refractivity contribution >= 4 is 5.91 Å². The minimum absolute atomic E-state index is 0.118. The number of carbonyl (C=O) groups is 1. The van der Waals surface area contributed by atoms with Gasteiger partial charge in [-0.05, 0) is 18.6 Å². The molecule has 0 bridgehead atoms. The number of hydrogen-bond donors (Lipinski definition) is 2. The second-order valence-electron chi connectivity index (χ2n) is 3.74. The Bertz CT molecular complexity index is 322. The largest absolute Gasteiger partial charge is 0.351 e. The van der Waals surface area contributed by atoms with Gasteiger partial charge in [0.05, 0.1) is 6.04 Å². The third-order valence-electron chi connectivity index (χ3n) is 2.48. The number of nitrogens with one attached hydrogen (secondary N) is 2. The maximum absolute atomic E-state index is 11.5. The van der Waals surface area contributed by atoms with Crippen LogP contribution in [-0.2, 0) is 11.2 Å². The average Bonchev–Trinajstić information content (AvgIpc) is 2.22. The summed E-state index contributed by atoms with van der Waals surface area (Å²) in [6, 6.07) is 6.10. The highest BCUT2D eigenvalue weighted by molar-refractivity contribution is 5.76. The molecule has 0 aromatic carbocycles. The highest BCUT2D eigenvalue weighted by atomic mass is 16.1. The van der Waals surface area contributed by atoms with Gasteiger partial charge < -0.3 is 10.6 Å². The third kappa shape index (κ3) is 3.02. The van der Waals surface area contributed by atoms with Crippen LogP contribution in [0.25, 0.3) is 0 Å². The van der Waals surface area contributed by atoms with Crippen LogP contribution in [0.5, 0.6) is 0 Å². The molecule has 0 unspecified atom stereocenters. The summed E-state index contributed by atoms with van der Waals surface area (Å²) in [7, 11) is 0. The highest BCUT2D eigenvalue weighted by Crippen LogP contribution is 1.99. The van der Waals surface area contributed by atoms with Gasteiger partial charge in [-0.1, -0.05) is 6.07 Å². The predicted octanol–water partition coefficient (Wildman–Crippen LogP) is 0.102. The smallest absolute Gasteiger partial charge is 0.220 e. The Morgan fingerprint density at radius 1 is 1.53 bits per heavy atom. The first-order valence-electron chi connectivity index (χ1n) is 5.24. The maximum atomic E-state index is 11.5. The molecule has 4 heteroatoms. The van der Waals surface area contributed by atoms with Crippen LogP contribution >= 0.6 is 0 Å². The van der Waals surface area contributed by atoms with E-state index in [9.17, 15) is 4.79 Å². The van der Waals surface area contributed by atoms with E-state index < -0.39 is 0 Å². The molecule has 2 N–H and O–H groups in total. The predicted molar refractivity (Wildman–Crippen MR) is 57.4 cm³/mol. The van der Waals surface area contributed by atoms with Gasteiger partial charge in [-0.3, -0.25) is 9.78 Å². The summed E-state index contributed by atoms with van der Waals surface area (Å²) in [5.41, 5.74) is 0.972. The van der Waals surface area contributed by atoms with Crippen LogP contribution in [-0.4, -0.2) is 30.0 Å². The number of nitrogens with zero attached hydrogens (tertiary/aromatic N) is 1. The second-order valence-corrected chi connectivity index (χ2v) is 3.74. The first-order valence-corrected chi connectivity index (χ1v) is 5.24.